The van der Waals surface area contributed by atoms with Crippen molar-refractivity contribution in [3.63, 3.8) is 0 Å². The van der Waals surface area contributed by atoms with Crippen LogP contribution in [0.5, 0.6) is 5.75 Å². The number of ether oxygens (including phenoxy) is 4. The maximum atomic E-state index is 15.8. The normalized spacial score (nSPS) is 20.0. The number of nitrogen functional groups attached to an aromatic ring is 1. The van der Waals surface area contributed by atoms with Crippen LogP contribution in [0.25, 0.3) is 27.0 Å². The van der Waals surface area contributed by atoms with Crippen LogP contribution in [0.4, 0.5) is 14.4 Å². The number of anilines is 1. The van der Waals surface area contributed by atoms with Crippen LogP contribution in [-0.2, 0) is 47.6 Å². The van der Waals surface area contributed by atoms with Crippen LogP contribution in [0.2, 0.25) is 0 Å². The number of azide groups is 2. The molecule has 6 atom stereocenters. The molecule has 0 radical (unpaired) electrons. The number of fused-ring (bicyclic) bond motifs is 2. The number of benzene rings is 1. The van der Waals surface area contributed by atoms with E-state index in [4.69, 9.17) is 40.6 Å². The molecule has 0 aliphatic carbocycles. The molecule has 0 saturated carbocycles. The topological polar surface area (TPSA) is 389 Å². The quantitative estimate of drug-likeness (QED) is 0.0152. The van der Waals surface area contributed by atoms with E-state index in [2.05, 4.69) is 56.6 Å². The van der Waals surface area contributed by atoms with Gasteiger partial charge in [-0.05, 0) is 85.3 Å². The lowest BCUT2D eigenvalue weighted by Gasteiger charge is -2.33. The van der Waals surface area contributed by atoms with Crippen LogP contribution < -0.4 is 30.8 Å². The number of halogens is 2. The Kier molecular flexibility index (Phi) is 17.7. The number of aromatic nitrogens is 3. The summed E-state index contributed by atoms with van der Waals surface area (Å²) in [7, 11) is -18.2. The van der Waals surface area contributed by atoms with Crippen molar-refractivity contribution in [1.82, 2.24) is 14.0 Å². The SMILES string of the molecule is C=C(CCCOc1ccc(C(=O)OCC#Cc2cn([C@H]3CC(OCN=[N+]=[N-])[C@@H](COP(=O)([O-])OP(=O)([O-])OP(=O)([O-])O)O3)c(=O)nc2N)c(CN=[N+]=[N-])c1)CCC1=[N+]2C(=Cc3c(C)cc(C)n3[B-]2(F)F)C=C1. The van der Waals surface area contributed by atoms with Gasteiger partial charge >= 0.3 is 18.6 Å². The van der Waals surface area contributed by atoms with Crippen LogP contribution in [-0.4, -0.2) is 80.8 Å². The highest BCUT2D eigenvalue weighted by Gasteiger charge is 2.52. The first kappa shape index (κ1) is 55.1. The summed E-state index contributed by atoms with van der Waals surface area (Å²) >= 11 is 0. The van der Waals surface area contributed by atoms with Crippen molar-refractivity contribution in [3.05, 3.63) is 125 Å². The minimum atomic E-state index is -6.22. The molecular formula is C39H42BF2N11O16P3-3. The van der Waals surface area contributed by atoms with Crippen molar-refractivity contribution in [1.29, 1.82) is 0 Å². The molecule has 27 nitrogen and oxygen atoms in total. The first-order chi connectivity index (χ1) is 33.9. The van der Waals surface area contributed by atoms with E-state index in [0.29, 0.717) is 54.2 Å². The number of hydrogen-bond acceptors (Lipinski definition) is 19. The molecule has 3 aliphatic rings. The highest BCUT2D eigenvalue weighted by atomic mass is 31.3. The van der Waals surface area contributed by atoms with Gasteiger partial charge in [-0.2, -0.15) is 4.98 Å². The average Bonchev–Trinajstić information content (AvgIpc) is 3.98. The maximum Gasteiger partial charge on any atom is 0.737 e. The number of nitrogens with two attached hydrogens (primary N) is 1. The van der Waals surface area contributed by atoms with Crippen molar-refractivity contribution in [3.8, 4) is 17.6 Å². The van der Waals surface area contributed by atoms with Crippen LogP contribution in [0, 0.1) is 25.7 Å². The van der Waals surface area contributed by atoms with Crippen LogP contribution in [0.3, 0.4) is 0 Å². The zero-order valence-electron chi connectivity index (χ0n) is 37.9. The average molecular weight is 1060 g/mol. The number of aryl methyl sites for hydroxylation is 2. The first-order valence-corrected chi connectivity index (χ1v) is 25.6. The van der Waals surface area contributed by atoms with Crippen LogP contribution in [0.15, 0.2) is 75.5 Å². The third kappa shape index (κ3) is 14.0. The Morgan fingerprint density at radius 1 is 1.12 bits per heavy atom. The second-order valence-corrected chi connectivity index (χ2v) is 20.1. The second kappa shape index (κ2) is 23.1. The number of nitrogens with zero attached hydrogens (tertiary/aromatic N) is 10. The molecule has 384 valence electrons. The van der Waals surface area contributed by atoms with Crippen molar-refractivity contribution in [2.24, 2.45) is 10.2 Å². The predicted molar refractivity (Wildman–Crippen MR) is 243 cm³/mol. The minimum absolute atomic E-state index is 0.0259. The summed E-state index contributed by atoms with van der Waals surface area (Å²) in [6.07, 6.45) is 3.94. The summed E-state index contributed by atoms with van der Waals surface area (Å²) in [4.78, 5) is 78.1. The molecule has 3 aromatic rings. The molecule has 1 saturated heterocycles. The molecule has 1 aromatic carbocycles. The Bertz CT molecular complexity index is 3120. The molecule has 2 aromatic heterocycles. The standard InChI is InChI=1S/C39H45BF2N11O16P3/c1-24(8-9-29-10-11-30-18-33-25(2)16-26(3)52(33)40(41,42)53(29)30)6-4-14-63-31-12-13-32(28(17-31)20-46-49-44)38(54)64-15-5-7-27-21-51(39(55)48-37(27)43)36-19-34(65-23-47-50-45)35(67-36)22-66-71(59,60)69-72(61,62)68-70(56,57)58/h10-13,16-18,21,34-36H,1,4,6,8-9,14-15,19-20,22-23H2,2-3H3,(H,59,60)(H,61,62)(H2,43,48,55)(H2,56,57,58)/p-3/t34?,35-,36-/m1/s1. The summed E-state index contributed by atoms with van der Waals surface area (Å²) in [6.45, 7) is 1.29. The summed E-state index contributed by atoms with van der Waals surface area (Å²) in [5.41, 5.74) is 26.3. The van der Waals surface area contributed by atoms with Gasteiger partial charge in [0.2, 0.25) is 0 Å². The van der Waals surface area contributed by atoms with Crippen molar-refractivity contribution in [2.45, 2.75) is 70.9 Å². The summed E-state index contributed by atoms with van der Waals surface area (Å²) in [6, 6.07) is 6.17. The predicted octanol–water partition coefficient (Wildman–Crippen LogP) is 4.45. The van der Waals surface area contributed by atoms with Gasteiger partial charge in [-0.3, -0.25) is 18.3 Å². The Hall–Kier alpha value is -6.23. The number of carbonyl (C=O) groups is 1. The van der Waals surface area contributed by atoms with E-state index in [0.717, 1.165) is 30.9 Å². The molecule has 72 heavy (non-hydrogen) atoms. The smallest absolute Gasteiger partial charge is 0.737 e. The van der Waals surface area contributed by atoms with E-state index in [-0.39, 0.29) is 42.1 Å². The fourth-order valence-electron chi connectivity index (χ4n) is 7.83. The van der Waals surface area contributed by atoms with Gasteiger partial charge in [0.05, 0.1) is 37.0 Å². The van der Waals surface area contributed by atoms with E-state index < -0.39 is 80.5 Å². The maximum absolute atomic E-state index is 15.8. The zero-order valence-corrected chi connectivity index (χ0v) is 40.6. The third-order valence-corrected chi connectivity index (χ3v) is 14.6. The van der Waals surface area contributed by atoms with Gasteiger partial charge in [-0.15, -0.1) is 0 Å². The Balaban J connectivity index is 1.02. The molecule has 33 heteroatoms. The lowest BCUT2D eigenvalue weighted by Crippen LogP contribution is -2.50. The fourth-order valence-corrected chi connectivity index (χ4v) is 10.7. The Morgan fingerprint density at radius 3 is 2.60 bits per heavy atom. The lowest BCUT2D eigenvalue weighted by atomic mass is 9.90. The molecule has 4 unspecified atom stereocenters. The Labute approximate surface area is 406 Å². The molecule has 1 fully saturated rings. The fraction of sp³-hybridized carbons (Fsp3) is 0.385. The summed E-state index contributed by atoms with van der Waals surface area (Å²) in [5, 5.41) is 6.75. The van der Waals surface area contributed by atoms with Gasteiger partial charge in [-0.25, -0.2) is 18.2 Å². The van der Waals surface area contributed by atoms with Crippen molar-refractivity contribution >= 4 is 54.0 Å². The largest absolute Gasteiger partial charge is 0.756 e. The van der Waals surface area contributed by atoms with Gasteiger partial charge in [0, 0.05) is 52.8 Å². The van der Waals surface area contributed by atoms with Gasteiger partial charge in [0.25, 0.3) is 23.5 Å². The molecular weight excluding hydrogens is 1020 g/mol. The number of carbonyl (C=O) groups excluding carboxylic acids is 1. The molecule has 3 aliphatic heterocycles. The number of phosphoric ester groups is 1. The zero-order chi connectivity index (χ0) is 52.6. The van der Waals surface area contributed by atoms with Gasteiger partial charge < -0.3 is 66.4 Å². The molecule has 0 amide bonds. The lowest BCUT2D eigenvalue weighted by molar-refractivity contribution is -0.362. The van der Waals surface area contributed by atoms with E-state index in [1.54, 1.807) is 31.2 Å². The highest BCUT2D eigenvalue weighted by molar-refractivity contribution is 7.65. The van der Waals surface area contributed by atoms with E-state index in [1.165, 1.54) is 18.2 Å². The highest BCUT2D eigenvalue weighted by Crippen LogP contribution is 2.61. The van der Waals surface area contributed by atoms with Crippen molar-refractivity contribution < 1.29 is 83.3 Å². The third-order valence-electron chi connectivity index (χ3n) is 10.9. The summed E-state index contributed by atoms with van der Waals surface area (Å²) in [5.74, 6) is 4.30. The molecule has 0 bridgehead atoms. The number of phosphoric acid groups is 3. The monoisotopic (exact) mass is 1060 g/mol. The van der Waals surface area contributed by atoms with Crippen LogP contribution in [0.1, 0.15) is 76.8 Å². The van der Waals surface area contributed by atoms with E-state index >= 15 is 8.63 Å². The van der Waals surface area contributed by atoms with E-state index in [9.17, 15) is 38.0 Å². The molecule has 3 N–H and O–H groups in total. The van der Waals surface area contributed by atoms with E-state index in [1.807, 2.05) is 6.92 Å². The number of allylic oxidation sites excluding steroid dienone is 3. The van der Waals surface area contributed by atoms with Crippen LogP contribution >= 0.6 is 23.5 Å². The van der Waals surface area contributed by atoms with Gasteiger partial charge in [0.15, 0.2) is 12.3 Å². The molecule has 5 heterocycles. The minimum Gasteiger partial charge on any atom is -0.756 e. The molecule has 0 spiro atoms. The number of rotatable bonds is 23. The number of hydrogen-bond donors (Lipinski definition) is 2. The summed E-state index contributed by atoms with van der Waals surface area (Å²) < 4.78 is 103. The Morgan fingerprint density at radius 2 is 1.88 bits per heavy atom. The van der Waals surface area contributed by atoms with Gasteiger partial charge in [-0.1, -0.05) is 34.2 Å². The van der Waals surface area contributed by atoms with Crippen molar-refractivity contribution in [2.75, 3.05) is 32.3 Å². The van der Waals surface area contributed by atoms with Gasteiger partial charge in [0.1, 0.15) is 36.3 Å². The number of esters is 1. The second-order valence-electron chi connectivity index (χ2n) is 15.8. The first-order valence-electron chi connectivity index (χ1n) is 21.2. The molecule has 6 rings (SSSR count).